The normalized spacial score (nSPS) is 25.5. The largest absolute Gasteiger partial charge is 0.481 e. The van der Waals surface area contributed by atoms with E-state index < -0.39 is 17.9 Å². The van der Waals surface area contributed by atoms with Crippen molar-refractivity contribution in [1.82, 2.24) is 25.4 Å². The maximum atomic E-state index is 12.8. The van der Waals surface area contributed by atoms with Crippen LogP contribution in [0.3, 0.4) is 0 Å². The molecule has 33 heavy (non-hydrogen) atoms. The average Bonchev–Trinajstić information content (AvgIpc) is 2.85. The Bertz CT molecular complexity index is 983. The third-order valence-electron chi connectivity index (χ3n) is 7.23. The van der Waals surface area contributed by atoms with E-state index in [0.29, 0.717) is 24.6 Å². The van der Waals surface area contributed by atoms with Gasteiger partial charge in [0, 0.05) is 43.6 Å². The highest BCUT2D eigenvalue weighted by Crippen LogP contribution is 2.31. The summed E-state index contributed by atoms with van der Waals surface area (Å²) in [5.41, 5.74) is 3.11. The van der Waals surface area contributed by atoms with Crippen molar-refractivity contribution in [3.8, 4) is 0 Å². The van der Waals surface area contributed by atoms with Gasteiger partial charge in [0.05, 0.1) is 6.17 Å². The molecule has 3 saturated heterocycles. The number of nitrogens with one attached hydrogen (secondary N) is 2. The quantitative estimate of drug-likeness (QED) is 0.430. The zero-order chi connectivity index (χ0) is 22.9. The van der Waals surface area contributed by atoms with Gasteiger partial charge >= 0.3 is 5.97 Å². The highest BCUT2D eigenvalue weighted by molar-refractivity contribution is 6.21. The number of dihydropyridines is 1. The number of β-lactam (4-membered cyclic amide) rings is 2. The zero-order valence-corrected chi connectivity index (χ0v) is 18.4. The predicted molar refractivity (Wildman–Crippen MR) is 120 cm³/mol. The number of carbonyl (C=O) groups is 3. The summed E-state index contributed by atoms with van der Waals surface area (Å²) in [6.07, 6.45) is 11.7. The van der Waals surface area contributed by atoms with Gasteiger partial charge in [-0.25, -0.2) is 0 Å². The van der Waals surface area contributed by atoms with E-state index in [-0.39, 0.29) is 24.5 Å². The van der Waals surface area contributed by atoms with Crippen molar-refractivity contribution in [1.29, 1.82) is 0 Å². The lowest BCUT2D eigenvalue weighted by Gasteiger charge is -2.45. The van der Waals surface area contributed by atoms with Crippen molar-refractivity contribution in [3.05, 3.63) is 53.5 Å². The van der Waals surface area contributed by atoms with Gasteiger partial charge in [-0.15, -0.1) is 0 Å². The fourth-order valence-electron chi connectivity index (χ4n) is 5.30. The number of imide groups is 1. The molecule has 0 aromatic carbocycles. The van der Waals surface area contributed by atoms with Crippen molar-refractivity contribution in [2.45, 2.75) is 43.8 Å². The van der Waals surface area contributed by atoms with Crippen molar-refractivity contribution in [3.63, 3.8) is 0 Å². The molecular formula is C24H29N5O4. The van der Waals surface area contributed by atoms with Crippen LogP contribution in [0, 0.1) is 5.92 Å². The second kappa shape index (κ2) is 9.07. The maximum Gasteiger partial charge on any atom is 0.312 e. The van der Waals surface area contributed by atoms with E-state index >= 15 is 0 Å². The molecule has 3 N–H and O–H groups in total. The Morgan fingerprint density at radius 2 is 2.00 bits per heavy atom. The Labute approximate surface area is 192 Å². The van der Waals surface area contributed by atoms with E-state index in [1.807, 2.05) is 4.90 Å². The first-order valence-corrected chi connectivity index (χ1v) is 11.7. The number of aliphatic carboxylic acids is 1. The van der Waals surface area contributed by atoms with E-state index in [2.05, 4.69) is 27.8 Å². The molecule has 0 saturated carbocycles. The Kier molecular flexibility index (Phi) is 5.99. The minimum absolute atomic E-state index is 0.161. The van der Waals surface area contributed by atoms with Crippen LogP contribution in [0.5, 0.6) is 0 Å². The topological polar surface area (TPSA) is 115 Å². The monoisotopic (exact) mass is 451 g/mol. The molecule has 1 aromatic rings. The smallest absolute Gasteiger partial charge is 0.312 e. The minimum Gasteiger partial charge on any atom is -0.481 e. The van der Waals surface area contributed by atoms with Crippen LogP contribution in [-0.4, -0.2) is 76.1 Å². The summed E-state index contributed by atoms with van der Waals surface area (Å²) in [6.45, 7) is 2.19. The third kappa shape index (κ3) is 4.18. The van der Waals surface area contributed by atoms with Gasteiger partial charge in [-0.1, -0.05) is 12.1 Å². The fourth-order valence-corrected chi connectivity index (χ4v) is 5.30. The lowest BCUT2D eigenvalue weighted by molar-refractivity contribution is -0.169. The highest BCUT2D eigenvalue weighted by atomic mass is 16.4. The molecule has 2 amide bonds. The SMILES string of the molecule is O=C(O)[C@H](CN1C(=O)C(N2CCC(C3=CC=C4CCCNC4N3)CC2)C1=O)c1cccnc1. The minimum atomic E-state index is -1.08. The van der Waals surface area contributed by atoms with Crippen molar-refractivity contribution >= 4 is 17.8 Å². The molecule has 9 heteroatoms. The molecule has 0 aliphatic carbocycles. The van der Waals surface area contributed by atoms with Crippen LogP contribution in [0.2, 0.25) is 0 Å². The molecule has 1 unspecified atom stereocenters. The number of fused-ring (bicyclic) bond motifs is 1. The number of carboxylic acid groups (broad SMARTS) is 1. The summed E-state index contributed by atoms with van der Waals surface area (Å²) in [4.78, 5) is 44.4. The molecule has 0 spiro atoms. The van der Waals surface area contributed by atoms with Crippen molar-refractivity contribution < 1.29 is 19.5 Å². The lowest BCUT2D eigenvalue weighted by atomic mass is 9.88. The molecule has 0 bridgehead atoms. The van der Waals surface area contributed by atoms with Gasteiger partial charge in [0.2, 0.25) is 0 Å². The number of hydrogen-bond acceptors (Lipinski definition) is 7. The molecule has 4 aliphatic rings. The summed E-state index contributed by atoms with van der Waals surface area (Å²) in [5.74, 6) is -2.28. The number of aromatic nitrogens is 1. The van der Waals surface area contributed by atoms with Gasteiger partial charge in [0.1, 0.15) is 5.92 Å². The summed E-state index contributed by atoms with van der Waals surface area (Å²) >= 11 is 0. The van der Waals surface area contributed by atoms with E-state index in [9.17, 15) is 19.5 Å². The number of likely N-dealkylation sites (tertiary alicyclic amines) is 2. The molecule has 3 fully saturated rings. The average molecular weight is 452 g/mol. The zero-order valence-electron chi connectivity index (χ0n) is 18.4. The van der Waals surface area contributed by atoms with Gasteiger partial charge in [-0.05, 0) is 55.5 Å². The second-order valence-electron chi connectivity index (χ2n) is 9.18. The molecular weight excluding hydrogens is 422 g/mol. The number of carboxylic acids is 1. The number of hydrogen-bond donors (Lipinski definition) is 3. The summed E-state index contributed by atoms with van der Waals surface area (Å²) in [5, 5.41) is 16.7. The fraction of sp³-hybridized carbons (Fsp3) is 0.500. The standard InChI is InChI=1S/C24H29N5O4/c30-22-20(23(31)29(22)14-18(24(32)33)17-4-1-9-25-13-17)28-11-7-15(8-12-28)19-6-5-16-3-2-10-26-21(16)27-19/h1,4-6,9,13,15,18,20-21,26-27H,2-3,7-8,10-12,14H2,(H,32,33)/t18-,21?/m1/s1. The first-order valence-electron chi connectivity index (χ1n) is 11.7. The molecule has 5 heterocycles. The summed E-state index contributed by atoms with van der Waals surface area (Å²) < 4.78 is 0. The lowest BCUT2D eigenvalue weighted by Crippen LogP contribution is -2.69. The van der Waals surface area contributed by atoms with Crippen LogP contribution in [0.1, 0.15) is 37.2 Å². The number of allylic oxidation sites excluding steroid dienone is 3. The highest BCUT2D eigenvalue weighted by Gasteiger charge is 2.51. The molecule has 9 nitrogen and oxygen atoms in total. The Balaban J connectivity index is 1.17. The van der Waals surface area contributed by atoms with Crippen LogP contribution >= 0.6 is 0 Å². The first-order chi connectivity index (χ1) is 16.0. The summed E-state index contributed by atoms with van der Waals surface area (Å²) in [6, 6.07) is 2.52. The molecule has 4 aliphatic heterocycles. The first kappa shape index (κ1) is 21.8. The van der Waals surface area contributed by atoms with Gasteiger partial charge in [0.15, 0.2) is 6.04 Å². The van der Waals surface area contributed by atoms with E-state index in [1.165, 1.54) is 23.9 Å². The van der Waals surface area contributed by atoms with Crippen LogP contribution < -0.4 is 10.6 Å². The van der Waals surface area contributed by atoms with E-state index in [4.69, 9.17) is 0 Å². The van der Waals surface area contributed by atoms with Crippen molar-refractivity contribution in [2.75, 3.05) is 26.2 Å². The van der Waals surface area contributed by atoms with Crippen LogP contribution in [0.4, 0.5) is 0 Å². The molecule has 1 aromatic heterocycles. The number of rotatable bonds is 6. The Hall–Kier alpha value is -3.04. The van der Waals surface area contributed by atoms with Gasteiger partial charge in [-0.3, -0.25) is 34.5 Å². The molecule has 0 radical (unpaired) electrons. The van der Waals surface area contributed by atoms with Gasteiger partial charge in [0.25, 0.3) is 11.8 Å². The predicted octanol–water partition coefficient (Wildman–Crippen LogP) is 0.822. The number of nitrogens with zero attached hydrogens (tertiary/aromatic N) is 3. The second-order valence-corrected chi connectivity index (χ2v) is 9.18. The number of amides is 2. The van der Waals surface area contributed by atoms with Crippen molar-refractivity contribution in [2.24, 2.45) is 5.92 Å². The van der Waals surface area contributed by atoms with Crippen LogP contribution in [0.25, 0.3) is 0 Å². The number of carbonyl (C=O) groups excluding carboxylic acids is 2. The molecule has 5 rings (SSSR count). The number of piperidine rings is 2. The van der Waals surface area contributed by atoms with E-state index in [0.717, 1.165) is 30.7 Å². The van der Waals surface area contributed by atoms with E-state index in [1.54, 1.807) is 18.3 Å². The summed E-state index contributed by atoms with van der Waals surface area (Å²) in [7, 11) is 0. The van der Waals surface area contributed by atoms with Gasteiger partial charge < -0.3 is 10.4 Å². The third-order valence-corrected chi connectivity index (χ3v) is 7.23. The Morgan fingerprint density at radius 1 is 1.21 bits per heavy atom. The molecule has 2 atom stereocenters. The Morgan fingerprint density at radius 3 is 2.70 bits per heavy atom. The maximum absolute atomic E-state index is 12.8. The molecule has 174 valence electrons. The van der Waals surface area contributed by atoms with Crippen LogP contribution in [-0.2, 0) is 14.4 Å². The van der Waals surface area contributed by atoms with Gasteiger partial charge in [-0.2, -0.15) is 0 Å². The van der Waals surface area contributed by atoms with Crippen LogP contribution in [0.15, 0.2) is 47.9 Å². The number of pyridine rings is 1.